The topological polar surface area (TPSA) is 79.0 Å². The summed E-state index contributed by atoms with van der Waals surface area (Å²) in [5, 5.41) is 10.8. The van der Waals surface area contributed by atoms with Gasteiger partial charge < -0.3 is 16.5 Å². The molecule has 1 heterocycles. The van der Waals surface area contributed by atoms with Gasteiger partial charge in [-0.2, -0.15) is 0 Å². The number of benzene rings is 1. The zero-order valence-corrected chi connectivity index (χ0v) is 9.23. The molecule has 0 saturated heterocycles. The summed E-state index contributed by atoms with van der Waals surface area (Å²) in [5.74, 6) is -0.0233. The van der Waals surface area contributed by atoms with Crippen LogP contribution in [0.15, 0.2) is 36.5 Å². The van der Waals surface area contributed by atoms with Gasteiger partial charge in [0.2, 0.25) is 5.91 Å². The van der Waals surface area contributed by atoms with Crippen LogP contribution in [-0.4, -0.2) is 11.6 Å². The number of nitrogens with two attached hydrogens (primary N) is 1. The maximum atomic E-state index is 12.1. The van der Waals surface area contributed by atoms with Gasteiger partial charge in [0.05, 0.1) is 5.41 Å². The number of anilines is 1. The van der Waals surface area contributed by atoms with E-state index in [0.29, 0.717) is 12.1 Å². The average molecular weight is 227 g/mol. The van der Waals surface area contributed by atoms with Gasteiger partial charge in [0.15, 0.2) is 0 Å². The highest BCUT2D eigenvalue weighted by Gasteiger charge is 2.65. The van der Waals surface area contributed by atoms with Crippen molar-refractivity contribution in [1.29, 1.82) is 5.41 Å². The molecule has 2 atom stereocenters. The van der Waals surface area contributed by atoms with Crippen LogP contribution in [0.5, 0.6) is 0 Å². The summed E-state index contributed by atoms with van der Waals surface area (Å²) in [7, 11) is 0. The summed E-state index contributed by atoms with van der Waals surface area (Å²) in [6.07, 6.45) is 3.62. The third kappa shape index (κ3) is 1.18. The van der Waals surface area contributed by atoms with E-state index in [1.807, 2.05) is 24.3 Å². The molecule has 1 aromatic carbocycles. The van der Waals surface area contributed by atoms with E-state index in [2.05, 4.69) is 5.32 Å². The Morgan fingerprint density at radius 3 is 3.06 bits per heavy atom. The minimum atomic E-state index is -0.507. The Hall–Kier alpha value is -2.10. The number of hydrogen-bond donors (Lipinski definition) is 3. The van der Waals surface area contributed by atoms with E-state index in [1.165, 1.54) is 6.20 Å². The number of allylic oxidation sites excluding steroid dienone is 1. The molecule has 0 radical (unpaired) electrons. The van der Waals surface area contributed by atoms with E-state index < -0.39 is 5.41 Å². The summed E-state index contributed by atoms with van der Waals surface area (Å²) in [6.45, 7) is 0. The second-order valence-electron chi connectivity index (χ2n) is 4.54. The predicted molar refractivity (Wildman–Crippen MR) is 65.9 cm³/mol. The first-order valence-electron chi connectivity index (χ1n) is 5.58. The molecule has 1 aliphatic carbocycles. The molecule has 0 bridgehead atoms. The van der Waals surface area contributed by atoms with Gasteiger partial charge in [0.25, 0.3) is 0 Å². The van der Waals surface area contributed by atoms with Gasteiger partial charge in [0, 0.05) is 17.3 Å². The molecule has 1 saturated carbocycles. The first kappa shape index (κ1) is 10.1. The second-order valence-corrected chi connectivity index (χ2v) is 4.54. The van der Waals surface area contributed by atoms with Crippen LogP contribution < -0.4 is 11.1 Å². The molecule has 4 heteroatoms. The summed E-state index contributed by atoms with van der Waals surface area (Å²) in [5.41, 5.74) is 7.11. The normalized spacial score (nSPS) is 29.4. The van der Waals surface area contributed by atoms with Crippen LogP contribution in [0.1, 0.15) is 12.0 Å². The number of fused-ring (bicyclic) bond motifs is 2. The molecule has 1 aromatic rings. The van der Waals surface area contributed by atoms with Crippen LogP contribution in [0.2, 0.25) is 0 Å². The number of para-hydroxylation sites is 1. The predicted octanol–water partition coefficient (Wildman–Crippen LogP) is 1.39. The van der Waals surface area contributed by atoms with Gasteiger partial charge in [-0.3, -0.25) is 4.79 Å². The number of hydrogen-bond acceptors (Lipinski definition) is 3. The molecule has 4 nitrogen and oxygen atoms in total. The Morgan fingerprint density at radius 1 is 1.53 bits per heavy atom. The van der Waals surface area contributed by atoms with Gasteiger partial charge in [0.1, 0.15) is 0 Å². The highest BCUT2D eigenvalue weighted by Crippen LogP contribution is 2.60. The van der Waals surface area contributed by atoms with Crippen LogP contribution in [0.25, 0.3) is 0 Å². The molecule has 86 valence electrons. The fraction of sp³-hybridized carbons (Fsp3) is 0.231. The molecule has 3 rings (SSSR count). The minimum absolute atomic E-state index is 0.0128. The van der Waals surface area contributed by atoms with E-state index in [0.717, 1.165) is 11.3 Å². The first-order chi connectivity index (χ1) is 8.20. The van der Waals surface area contributed by atoms with Gasteiger partial charge in [-0.25, -0.2) is 0 Å². The monoisotopic (exact) mass is 227 g/mol. The molecule has 4 N–H and O–H groups in total. The molecule has 17 heavy (non-hydrogen) atoms. The smallest absolute Gasteiger partial charge is 0.235 e. The van der Waals surface area contributed by atoms with Crippen LogP contribution in [0.3, 0.4) is 0 Å². The van der Waals surface area contributed by atoms with Crippen molar-refractivity contribution in [1.82, 2.24) is 0 Å². The van der Waals surface area contributed by atoms with Crippen LogP contribution in [0.4, 0.5) is 5.69 Å². The fourth-order valence-electron chi connectivity index (χ4n) is 2.74. The molecule has 0 aromatic heterocycles. The summed E-state index contributed by atoms with van der Waals surface area (Å²) >= 11 is 0. The van der Waals surface area contributed by atoms with Gasteiger partial charge in [-0.1, -0.05) is 18.2 Å². The number of carbonyl (C=O) groups excluding carboxylic acids is 1. The van der Waals surface area contributed by atoms with E-state index in [4.69, 9.17) is 11.1 Å². The summed E-state index contributed by atoms with van der Waals surface area (Å²) in [4.78, 5) is 12.1. The standard InChI is InChI=1S/C13H13N3O/c14-6-5-10(15)9-7-13(9)8-3-1-2-4-11(8)16-12(13)17/h1-6,9,15H,7,14H2,(H,16,17). The summed E-state index contributed by atoms with van der Waals surface area (Å²) < 4.78 is 0. The second kappa shape index (κ2) is 3.20. The van der Waals surface area contributed by atoms with Crippen LogP contribution in [-0.2, 0) is 10.2 Å². The lowest BCUT2D eigenvalue weighted by molar-refractivity contribution is -0.118. The minimum Gasteiger partial charge on any atom is -0.405 e. The Kier molecular flexibility index (Phi) is 1.90. The zero-order valence-electron chi connectivity index (χ0n) is 9.23. The Labute approximate surface area is 99.0 Å². The first-order valence-corrected chi connectivity index (χ1v) is 5.58. The lowest BCUT2D eigenvalue weighted by Crippen LogP contribution is -2.23. The molecular formula is C13H13N3O. The van der Waals surface area contributed by atoms with Crippen molar-refractivity contribution in [2.45, 2.75) is 11.8 Å². The Morgan fingerprint density at radius 2 is 2.29 bits per heavy atom. The van der Waals surface area contributed by atoms with E-state index in [9.17, 15) is 4.79 Å². The van der Waals surface area contributed by atoms with Crippen molar-refractivity contribution >= 4 is 17.3 Å². The van der Waals surface area contributed by atoms with Gasteiger partial charge in [-0.05, 0) is 30.3 Å². The third-order valence-corrected chi connectivity index (χ3v) is 3.67. The number of amides is 1. The highest BCUT2D eigenvalue weighted by atomic mass is 16.2. The Bertz CT molecular complexity index is 549. The van der Waals surface area contributed by atoms with Gasteiger partial charge >= 0.3 is 0 Å². The maximum Gasteiger partial charge on any atom is 0.235 e. The van der Waals surface area contributed by atoms with Crippen molar-refractivity contribution < 1.29 is 4.79 Å². The number of carbonyl (C=O) groups is 1. The number of nitrogens with one attached hydrogen (secondary N) is 2. The van der Waals surface area contributed by atoms with Crippen molar-refractivity contribution in [2.75, 3.05) is 5.32 Å². The van der Waals surface area contributed by atoms with Gasteiger partial charge in [-0.15, -0.1) is 0 Å². The third-order valence-electron chi connectivity index (χ3n) is 3.67. The van der Waals surface area contributed by atoms with Crippen molar-refractivity contribution in [3.8, 4) is 0 Å². The lowest BCUT2D eigenvalue weighted by atomic mass is 9.93. The zero-order chi connectivity index (χ0) is 12.0. The highest BCUT2D eigenvalue weighted by molar-refractivity contribution is 6.15. The lowest BCUT2D eigenvalue weighted by Gasteiger charge is -2.07. The Balaban J connectivity index is 2.01. The molecule has 1 aliphatic heterocycles. The molecule has 1 fully saturated rings. The van der Waals surface area contributed by atoms with E-state index in [1.54, 1.807) is 6.08 Å². The quantitative estimate of drug-likeness (QED) is 0.667. The number of rotatable bonds is 2. The van der Waals surface area contributed by atoms with Crippen molar-refractivity contribution in [2.24, 2.45) is 11.7 Å². The van der Waals surface area contributed by atoms with E-state index >= 15 is 0 Å². The van der Waals surface area contributed by atoms with Crippen molar-refractivity contribution in [3.05, 3.63) is 42.1 Å². The molecular weight excluding hydrogens is 214 g/mol. The fourth-order valence-corrected chi connectivity index (χ4v) is 2.74. The van der Waals surface area contributed by atoms with Crippen molar-refractivity contribution in [3.63, 3.8) is 0 Å². The molecule has 2 unspecified atom stereocenters. The van der Waals surface area contributed by atoms with E-state index in [-0.39, 0.29) is 11.8 Å². The SMILES string of the molecule is N=C(C=CN)C1CC12C(=O)Nc1ccccc12. The molecule has 2 aliphatic rings. The largest absolute Gasteiger partial charge is 0.405 e. The van der Waals surface area contributed by atoms with Crippen LogP contribution >= 0.6 is 0 Å². The van der Waals surface area contributed by atoms with Crippen LogP contribution in [0, 0.1) is 11.3 Å². The maximum absolute atomic E-state index is 12.1. The molecule has 1 spiro atoms. The molecule has 1 amide bonds. The summed E-state index contributed by atoms with van der Waals surface area (Å²) in [6, 6.07) is 7.70. The average Bonchev–Trinajstić information content (AvgIpc) is 3.00.